The normalized spacial score (nSPS) is 8.86. The van der Waals surface area contributed by atoms with Gasteiger partial charge in [0, 0.05) is 0 Å². The summed E-state index contributed by atoms with van der Waals surface area (Å²) in [7, 11) is 0. The van der Waals surface area contributed by atoms with Crippen LogP contribution < -0.4 is 0 Å². The fourth-order valence-electron chi connectivity index (χ4n) is 0.263. The Balaban J connectivity index is 3.00. The van der Waals surface area contributed by atoms with Crippen molar-refractivity contribution in [2.24, 2.45) is 0 Å². The fraction of sp³-hybridized carbons (Fsp3) is 0.800. The van der Waals surface area contributed by atoms with Gasteiger partial charge < -0.3 is 0 Å². The second-order valence-electron chi connectivity index (χ2n) is 1.16. The quantitative estimate of drug-likeness (QED) is 0.567. The van der Waals surface area contributed by atoms with E-state index < -0.39 is 0 Å². The van der Waals surface area contributed by atoms with Crippen molar-refractivity contribution in [2.45, 2.75) is 20.3 Å². The molecule has 0 atom stereocenters. The van der Waals surface area contributed by atoms with Crippen molar-refractivity contribution < 1.29 is 20.6 Å². The SMILES string of the molecule is CCO[C](=[Cr])CC. The number of hydrogen-bond donors (Lipinski definition) is 0. The van der Waals surface area contributed by atoms with E-state index in [9.17, 15) is 0 Å². The summed E-state index contributed by atoms with van der Waals surface area (Å²) in [5, 5.41) is 0. The van der Waals surface area contributed by atoms with Crippen LogP contribution in [0, 0.1) is 0 Å². The Bertz CT molecular complexity index is 61.1. The van der Waals surface area contributed by atoms with Gasteiger partial charge in [0.1, 0.15) is 0 Å². The summed E-state index contributed by atoms with van der Waals surface area (Å²) in [6.45, 7) is 4.81. The van der Waals surface area contributed by atoms with Gasteiger partial charge in [-0.15, -0.1) is 0 Å². The number of ether oxygens (including phenoxy) is 1. The summed E-state index contributed by atoms with van der Waals surface area (Å²) in [5.74, 6) is 0. The van der Waals surface area contributed by atoms with Crippen LogP contribution in [0.3, 0.4) is 0 Å². The fourth-order valence-corrected chi connectivity index (χ4v) is 0.447. The van der Waals surface area contributed by atoms with Gasteiger partial charge in [-0.2, -0.15) is 0 Å². The van der Waals surface area contributed by atoms with Crippen LogP contribution in [0.5, 0.6) is 0 Å². The van der Waals surface area contributed by atoms with Crippen LogP contribution in [0.1, 0.15) is 20.3 Å². The first-order valence-electron chi connectivity index (χ1n) is 2.46. The Morgan fingerprint density at radius 1 is 1.57 bits per heavy atom. The van der Waals surface area contributed by atoms with Crippen LogP contribution in [-0.4, -0.2) is 11.2 Å². The Morgan fingerprint density at radius 2 is 2.14 bits per heavy atom. The molecule has 0 heterocycles. The van der Waals surface area contributed by atoms with E-state index >= 15 is 0 Å². The predicted molar refractivity (Wildman–Crippen MR) is 26.9 cm³/mol. The van der Waals surface area contributed by atoms with Crippen LogP contribution in [0.25, 0.3) is 0 Å². The zero-order valence-corrected chi connectivity index (χ0v) is 6.01. The molecule has 0 unspecified atom stereocenters. The van der Waals surface area contributed by atoms with Crippen LogP contribution >= 0.6 is 0 Å². The monoisotopic (exact) mass is 138 g/mol. The Kier molecular flexibility index (Phi) is 4.75. The molecular formula is C5H10CrO. The molecule has 0 aliphatic carbocycles. The van der Waals surface area contributed by atoms with Crippen LogP contribution in [0.2, 0.25) is 0 Å². The van der Waals surface area contributed by atoms with Crippen molar-refractivity contribution in [3.8, 4) is 0 Å². The molecule has 0 rings (SSSR count). The minimum atomic E-state index is 0.774. The molecule has 2 heteroatoms. The maximum atomic E-state index is 5.05. The number of hydrogen-bond acceptors (Lipinski definition) is 1. The van der Waals surface area contributed by atoms with Gasteiger partial charge in [0.25, 0.3) is 0 Å². The molecule has 0 radical (unpaired) electrons. The van der Waals surface area contributed by atoms with E-state index in [-0.39, 0.29) is 0 Å². The Morgan fingerprint density at radius 3 is 2.29 bits per heavy atom. The summed E-state index contributed by atoms with van der Waals surface area (Å²) >= 11 is 2.82. The van der Waals surface area contributed by atoms with E-state index in [0.717, 1.165) is 17.6 Å². The van der Waals surface area contributed by atoms with Crippen LogP contribution in [0.15, 0.2) is 0 Å². The molecule has 0 saturated carbocycles. The summed E-state index contributed by atoms with van der Waals surface area (Å²) in [5.41, 5.74) is 0. The van der Waals surface area contributed by atoms with E-state index in [1.54, 1.807) is 0 Å². The molecule has 0 aliphatic heterocycles. The molecule has 0 amide bonds. The molecule has 0 fully saturated rings. The predicted octanol–water partition coefficient (Wildman–Crippen LogP) is 1.11. The van der Waals surface area contributed by atoms with Gasteiger partial charge in [0.05, 0.1) is 0 Å². The van der Waals surface area contributed by atoms with Crippen LogP contribution in [0.4, 0.5) is 0 Å². The van der Waals surface area contributed by atoms with Crippen molar-refractivity contribution in [2.75, 3.05) is 6.61 Å². The van der Waals surface area contributed by atoms with Gasteiger partial charge in [-0.3, -0.25) is 0 Å². The van der Waals surface area contributed by atoms with Crippen molar-refractivity contribution >= 4 is 4.57 Å². The van der Waals surface area contributed by atoms with E-state index in [2.05, 4.69) is 22.8 Å². The summed E-state index contributed by atoms with van der Waals surface area (Å²) in [6.07, 6.45) is 0.980. The molecule has 0 aromatic carbocycles. The number of rotatable bonds is 3. The maximum absolute atomic E-state index is 5.05. The second-order valence-corrected chi connectivity index (χ2v) is 1.87. The van der Waals surface area contributed by atoms with Crippen molar-refractivity contribution in [1.82, 2.24) is 0 Å². The van der Waals surface area contributed by atoms with Gasteiger partial charge in [-0.25, -0.2) is 0 Å². The molecule has 0 aliphatic rings. The summed E-state index contributed by atoms with van der Waals surface area (Å²) < 4.78 is 6.05. The molecule has 7 heavy (non-hydrogen) atoms. The zero-order valence-electron chi connectivity index (χ0n) is 4.73. The Hall–Kier alpha value is 0.362. The molecule has 0 N–H and O–H groups in total. The molecule has 1 nitrogen and oxygen atoms in total. The topological polar surface area (TPSA) is 9.23 Å². The molecule has 0 aromatic rings. The third-order valence-corrected chi connectivity index (χ3v) is 1.23. The van der Waals surface area contributed by atoms with E-state index in [0.29, 0.717) is 0 Å². The molecule has 0 bridgehead atoms. The van der Waals surface area contributed by atoms with Crippen molar-refractivity contribution in [3.63, 3.8) is 0 Å². The van der Waals surface area contributed by atoms with Gasteiger partial charge >= 0.3 is 52.0 Å². The first-order chi connectivity index (χ1) is 3.31. The average molecular weight is 138 g/mol. The van der Waals surface area contributed by atoms with Crippen LogP contribution in [-0.2, 0) is 20.6 Å². The van der Waals surface area contributed by atoms with E-state index in [4.69, 9.17) is 4.74 Å². The second kappa shape index (κ2) is 4.52. The summed E-state index contributed by atoms with van der Waals surface area (Å²) in [4.78, 5) is 0. The van der Waals surface area contributed by atoms with Crippen molar-refractivity contribution in [3.05, 3.63) is 0 Å². The molecule has 42 valence electrons. The molecular weight excluding hydrogens is 128 g/mol. The summed E-state index contributed by atoms with van der Waals surface area (Å²) in [6, 6.07) is 0. The van der Waals surface area contributed by atoms with Gasteiger partial charge in [-0.05, 0) is 0 Å². The third kappa shape index (κ3) is 4.21. The average Bonchev–Trinajstić information content (AvgIpc) is 1.68. The van der Waals surface area contributed by atoms with Gasteiger partial charge in [0.15, 0.2) is 0 Å². The van der Waals surface area contributed by atoms with Gasteiger partial charge in [0.2, 0.25) is 0 Å². The third-order valence-electron chi connectivity index (χ3n) is 0.594. The standard InChI is InChI=1S/C5H10O.Cr/c1-3-5-6-4-2;/h3-4H2,1-2H3;. The first kappa shape index (κ1) is 7.36. The van der Waals surface area contributed by atoms with Crippen molar-refractivity contribution in [1.29, 1.82) is 0 Å². The zero-order chi connectivity index (χ0) is 5.70. The van der Waals surface area contributed by atoms with E-state index in [1.807, 2.05) is 6.92 Å². The minimum absolute atomic E-state index is 0.774. The molecule has 0 spiro atoms. The van der Waals surface area contributed by atoms with E-state index in [1.165, 1.54) is 0 Å². The molecule has 0 aromatic heterocycles. The Labute approximate surface area is 52.6 Å². The van der Waals surface area contributed by atoms with Gasteiger partial charge in [-0.1, -0.05) is 0 Å². The molecule has 0 saturated heterocycles. The first-order valence-corrected chi connectivity index (χ1v) is 3.10.